The first-order valence-corrected chi connectivity index (χ1v) is 6.22. The normalized spacial score (nSPS) is 14.3. The highest BCUT2D eigenvalue weighted by Gasteiger charge is 2.34. The summed E-state index contributed by atoms with van der Waals surface area (Å²) in [7, 11) is 0. The minimum absolute atomic E-state index is 0.392. The summed E-state index contributed by atoms with van der Waals surface area (Å²) >= 11 is 0. The number of ether oxygens (including phenoxy) is 1. The number of benzene rings is 2. The zero-order valence-electron chi connectivity index (χ0n) is 10.9. The van der Waals surface area contributed by atoms with E-state index in [9.17, 15) is 9.59 Å². The van der Waals surface area contributed by atoms with Gasteiger partial charge in [-0.2, -0.15) is 0 Å². The van der Waals surface area contributed by atoms with Crippen molar-refractivity contribution in [2.45, 2.75) is 0 Å². The van der Waals surface area contributed by atoms with Crippen molar-refractivity contribution in [2.24, 2.45) is 0 Å². The highest BCUT2D eigenvalue weighted by molar-refractivity contribution is 6.54. The largest absolute Gasteiger partial charge is 0.457 e. The molecule has 0 radical (unpaired) electrons. The molecule has 0 saturated carbocycles. The number of hydrogen-bond donors (Lipinski definition) is 2. The van der Waals surface area contributed by atoms with Crippen LogP contribution in [0.5, 0.6) is 11.5 Å². The predicted octanol–water partition coefficient (Wildman–Crippen LogP) is 2.51. The molecule has 0 spiro atoms. The first-order valence-electron chi connectivity index (χ1n) is 6.22. The fraction of sp³-hybridized carbons (Fsp3) is 0. The van der Waals surface area contributed by atoms with E-state index in [2.05, 4.69) is 5.32 Å². The van der Waals surface area contributed by atoms with E-state index in [4.69, 9.17) is 10.1 Å². The summed E-state index contributed by atoms with van der Waals surface area (Å²) in [6, 6.07) is 15.2. The lowest BCUT2D eigenvalue weighted by atomic mass is 10.2. The van der Waals surface area contributed by atoms with Crippen molar-refractivity contribution >= 4 is 23.5 Å². The number of urea groups is 1. The van der Waals surface area contributed by atoms with Crippen LogP contribution in [0.3, 0.4) is 0 Å². The van der Waals surface area contributed by atoms with Gasteiger partial charge in [0, 0.05) is 0 Å². The Balaban J connectivity index is 1.80. The van der Waals surface area contributed by atoms with Gasteiger partial charge in [-0.15, -0.1) is 0 Å². The van der Waals surface area contributed by atoms with Gasteiger partial charge in [0.1, 0.15) is 11.5 Å². The summed E-state index contributed by atoms with van der Waals surface area (Å²) in [5.74, 6) is 0.204. The number of hydrogen-bond acceptors (Lipinski definition) is 4. The molecule has 2 aromatic carbocycles. The Labute approximate surface area is 120 Å². The molecule has 0 bridgehead atoms. The Morgan fingerprint density at radius 3 is 2.10 bits per heavy atom. The minimum atomic E-state index is -0.704. The number of anilines is 1. The number of rotatable bonds is 3. The number of carbonyl (C=O) groups is 2. The van der Waals surface area contributed by atoms with E-state index in [-0.39, 0.29) is 0 Å². The van der Waals surface area contributed by atoms with Crippen LogP contribution in [0, 0.1) is 5.41 Å². The Kier molecular flexibility index (Phi) is 3.12. The second-order valence-corrected chi connectivity index (χ2v) is 4.35. The van der Waals surface area contributed by atoms with Crippen LogP contribution in [0.15, 0.2) is 54.6 Å². The van der Waals surface area contributed by atoms with Gasteiger partial charge in [-0.3, -0.25) is 15.5 Å². The highest BCUT2D eigenvalue weighted by atomic mass is 16.5. The molecule has 6 heteroatoms. The molecule has 2 aromatic rings. The van der Waals surface area contributed by atoms with E-state index in [0.29, 0.717) is 17.2 Å². The zero-order chi connectivity index (χ0) is 14.8. The third-order valence-electron chi connectivity index (χ3n) is 2.94. The van der Waals surface area contributed by atoms with Crippen molar-refractivity contribution < 1.29 is 14.3 Å². The lowest BCUT2D eigenvalue weighted by Crippen LogP contribution is -2.30. The first-order chi connectivity index (χ1) is 10.1. The number of para-hydroxylation sites is 1. The molecule has 0 aliphatic carbocycles. The van der Waals surface area contributed by atoms with Gasteiger partial charge in [-0.05, 0) is 36.4 Å². The summed E-state index contributed by atoms with van der Waals surface area (Å²) in [5.41, 5.74) is 0.434. The molecule has 1 fully saturated rings. The molecular formula is C15H11N3O3. The van der Waals surface area contributed by atoms with Crippen molar-refractivity contribution in [2.75, 3.05) is 4.90 Å². The van der Waals surface area contributed by atoms with Gasteiger partial charge in [0.15, 0.2) is 0 Å². The van der Waals surface area contributed by atoms with Gasteiger partial charge in [-0.25, -0.2) is 9.69 Å². The standard InChI is InChI=1S/C15H11N3O3/c16-13-14(19)17-15(20)18(13)10-6-8-12(9-7-10)21-11-4-2-1-3-5-11/h1-9,16H,(H,17,19,20). The Morgan fingerprint density at radius 1 is 0.905 bits per heavy atom. The maximum atomic E-state index is 11.6. The summed E-state index contributed by atoms with van der Waals surface area (Å²) in [6.07, 6.45) is 0. The molecule has 0 atom stereocenters. The van der Waals surface area contributed by atoms with Crippen molar-refractivity contribution in [3.8, 4) is 11.5 Å². The first kappa shape index (κ1) is 12.9. The molecule has 0 aromatic heterocycles. The molecule has 104 valence electrons. The second kappa shape index (κ2) is 5.09. The molecule has 1 aliphatic heterocycles. The maximum Gasteiger partial charge on any atom is 0.334 e. The van der Waals surface area contributed by atoms with Gasteiger partial charge in [-0.1, -0.05) is 18.2 Å². The number of carbonyl (C=O) groups excluding carboxylic acids is 2. The predicted molar refractivity (Wildman–Crippen MR) is 76.7 cm³/mol. The van der Waals surface area contributed by atoms with E-state index in [1.165, 1.54) is 0 Å². The molecule has 0 unspecified atom stereocenters. The number of imide groups is 1. The van der Waals surface area contributed by atoms with Crippen molar-refractivity contribution in [1.29, 1.82) is 5.41 Å². The third kappa shape index (κ3) is 2.46. The minimum Gasteiger partial charge on any atom is -0.457 e. The number of nitrogens with one attached hydrogen (secondary N) is 2. The van der Waals surface area contributed by atoms with Crippen LogP contribution in [0.2, 0.25) is 0 Å². The monoisotopic (exact) mass is 281 g/mol. The van der Waals surface area contributed by atoms with Crippen LogP contribution in [-0.2, 0) is 4.79 Å². The number of nitrogens with zero attached hydrogens (tertiary/aromatic N) is 1. The number of amidine groups is 1. The Morgan fingerprint density at radius 2 is 1.52 bits per heavy atom. The quantitative estimate of drug-likeness (QED) is 0.848. The molecule has 21 heavy (non-hydrogen) atoms. The lowest BCUT2D eigenvalue weighted by molar-refractivity contribution is -0.113. The van der Waals surface area contributed by atoms with Gasteiger partial charge in [0.2, 0.25) is 5.84 Å². The highest BCUT2D eigenvalue weighted by Crippen LogP contribution is 2.25. The second-order valence-electron chi connectivity index (χ2n) is 4.35. The van der Waals surface area contributed by atoms with E-state index in [1.54, 1.807) is 24.3 Å². The van der Waals surface area contributed by atoms with E-state index >= 15 is 0 Å². The van der Waals surface area contributed by atoms with Crippen LogP contribution in [0.4, 0.5) is 10.5 Å². The molecule has 1 heterocycles. The Bertz CT molecular complexity index is 711. The molecule has 6 nitrogen and oxygen atoms in total. The van der Waals surface area contributed by atoms with Gasteiger partial charge < -0.3 is 4.74 Å². The molecule has 3 amide bonds. The van der Waals surface area contributed by atoms with Gasteiger partial charge >= 0.3 is 6.03 Å². The molecule has 1 aliphatic rings. The molecule has 1 saturated heterocycles. The van der Waals surface area contributed by atoms with Gasteiger partial charge in [0.05, 0.1) is 5.69 Å². The lowest BCUT2D eigenvalue weighted by Gasteiger charge is -2.13. The fourth-order valence-electron chi connectivity index (χ4n) is 1.95. The van der Waals surface area contributed by atoms with Crippen LogP contribution < -0.4 is 15.0 Å². The topological polar surface area (TPSA) is 82.5 Å². The zero-order valence-corrected chi connectivity index (χ0v) is 10.9. The van der Waals surface area contributed by atoms with Crippen LogP contribution >= 0.6 is 0 Å². The average Bonchev–Trinajstić information content (AvgIpc) is 2.74. The Hall–Kier alpha value is -3.15. The van der Waals surface area contributed by atoms with Crippen molar-refractivity contribution in [1.82, 2.24) is 5.32 Å². The average molecular weight is 281 g/mol. The van der Waals surface area contributed by atoms with Crippen LogP contribution in [0.25, 0.3) is 0 Å². The van der Waals surface area contributed by atoms with Crippen LogP contribution in [-0.4, -0.2) is 17.8 Å². The smallest absolute Gasteiger partial charge is 0.334 e. The van der Waals surface area contributed by atoms with E-state index in [0.717, 1.165) is 4.90 Å². The summed E-state index contributed by atoms with van der Waals surface area (Å²) < 4.78 is 5.63. The third-order valence-corrected chi connectivity index (χ3v) is 2.94. The van der Waals surface area contributed by atoms with Crippen molar-refractivity contribution in [3.05, 3.63) is 54.6 Å². The molecule has 2 N–H and O–H groups in total. The molecular weight excluding hydrogens is 270 g/mol. The maximum absolute atomic E-state index is 11.6. The molecule has 3 rings (SSSR count). The SMILES string of the molecule is N=C1C(=O)NC(=O)N1c1ccc(Oc2ccccc2)cc1. The van der Waals surface area contributed by atoms with Gasteiger partial charge in [0.25, 0.3) is 5.91 Å². The summed E-state index contributed by atoms with van der Waals surface area (Å²) in [5, 5.41) is 9.64. The van der Waals surface area contributed by atoms with Crippen molar-refractivity contribution in [3.63, 3.8) is 0 Å². The summed E-state index contributed by atoms with van der Waals surface area (Å²) in [6.45, 7) is 0. The van der Waals surface area contributed by atoms with Crippen LogP contribution in [0.1, 0.15) is 0 Å². The van der Waals surface area contributed by atoms with E-state index < -0.39 is 17.8 Å². The number of amides is 3. The van der Waals surface area contributed by atoms with E-state index in [1.807, 2.05) is 30.3 Å². The fourth-order valence-corrected chi connectivity index (χ4v) is 1.95. The summed E-state index contributed by atoms with van der Waals surface area (Å²) in [4.78, 5) is 23.9.